The zero-order valence-corrected chi connectivity index (χ0v) is 15.7. The van der Waals surface area contributed by atoms with Gasteiger partial charge in [0.05, 0.1) is 13.0 Å². The standard InChI is InChI=1S/C19H25NO3S/c1-13(12-24(5)22)20(3)19(21)14(2)15-6-7-17-11-18(23-4)9-8-16(17)10-15/h6-11,13-14H,12H2,1-5H3/t13-,14-,24+/m0/s1. The molecule has 24 heavy (non-hydrogen) atoms. The predicted molar refractivity (Wildman–Crippen MR) is 100 cm³/mol. The van der Waals surface area contributed by atoms with E-state index in [0.717, 1.165) is 22.1 Å². The Morgan fingerprint density at radius 3 is 2.42 bits per heavy atom. The van der Waals surface area contributed by atoms with E-state index in [1.54, 1.807) is 25.3 Å². The Morgan fingerprint density at radius 1 is 1.17 bits per heavy atom. The molecule has 3 atom stereocenters. The first-order valence-corrected chi connectivity index (χ1v) is 9.70. The molecular weight excluding hydrogens is 322 g/mol. The van der Waals surface area contributed by atoms with Crippen LogP contribution in [0.1, 0.15) is 25.3 Å². The van der Waals surface area contributed by atoms with Crippen molar-refractivity contribution in [1.29, 1.82) is 0 Å². The van der Waals surface area contributed by atoms with Gasteiger partial charge in [-0.2, -0.15) is 0 Å². The fraction of sp³-hybridized carbons (Fsp3) is 0.421. The first kappa shape index (κ1) is 18.5. The smallest absolute Gasteiger partial charge is 0.229 e. The van der Waals surface area contributed by atoms with Crippen molar-refractivity contribution in [3.8, 4) is 5.75 Å². The van der Waals surface area contributed by atoms with E-state index in [1.807, 2.05) is 50.2 Å². The highest BCUT2D eigenvalue weighted by molar-refractivity contribution is 7.84. The van der Waals surface area contributed by atoms with Crippen LogP contribution >= 0.6 is 0 Å². The molecule has 5 heteroatoms. The maximum Gasteiger partial charge on any atom is 0.229 e. The summed E-state index contributed by atoms with van der Waals surface area (Å²) in [6.07, 6.45) is 1.66. The molecule has 0 saturated carbocycles. The number of ether oxygens (including phenoxy) is 1. The SMILES string of the molecule is COc1ccc2cc([C@H](C)C(=O)N(C)[C@@H](C)C[S@@](C)=O)ccc2c1. The van der Waals surface area contributed by atoms with E-state index in [4.69, 9.17) is 4.74 Å². The summed E-state index contributed by atoms with van der Waals surface area (Å²) >= 11 is 0. The summed E-state index contributed by atoms with van der Waals surface area (Å²) < 4.78 is 16.6. The zero-order chi connectivity index (χ0) is 17.9. The number of fused-ring (bicyclic) bond motifs is 1. The Kier molecular flexibility index (Phi) is 5.99. The van der Waals surface area contributed by atoms with Crippen molar-refractivity contribution in [2.45, 2.75) is 25.8 Å². The van der Waals surface area contributed by atoms with Gasteiger partial charge in [-0.15, -0.1) is 0 Å². The van der Waals surface area contributed by atoms with Crippen LogP contribution in [0.5, 0.6) is 5.75 Å². The monoisotopic (exact) mass is 347 g/mol. The number of amides is 1. The van der Waals surface area contributed by atoms with Crippen LogP contribution in [0.25, 0.3) is 10.8 Å². The van der Waals surface area contributed by atoms with E-state index in [1.165, 1.54) is 0 Å². The van der Waals surface area contributed by atoms with Gasteiger partial charge >= 0.3 is 0 Å². The minimum atomic E-state index is -0.918. The van der Waals surface area contributed by atoms with Crippen molar-refractivity contribution in [2.24, 2.45) is 0 Å². The highest BCUT2D eigenvalue weighted by Crippen LogP contribution is 2.26. The third-order valence-electron chi connectivity index (χ3n) is 4.43. The number of likely N-dealkylation sites (N-methyl/N-ethyl adjacent to an activating group) is 1. The van der Waals surface area contributed by atoms with Gasteiger partial charge in [0.1, 0.15) is 5.75 Å². The molecule has 0 aliphatic rings. The van der Waals surface area contributed by atoms with Crippen molar-refractivity contribution in [1.82, 2.24) is 4.90 Å². The molecule has 0 radical (unpaired) electrons. The van der Waals surface area contributed by atoms with Gasteiger partial charge in [0.2, 0.25) is 5.91 Å². The topological polar surface area (TPSA) is 46.6 Å². The molecule has 2 rings (SSSR count). The van der Waals surface area contributed by atoms with Gasteiger partial charge in [-0.1, -0.05) is 24.3 Å². The molecule has 2 aromatic carbocycles. The number of carbonyl (C=O) groups excluding carboxylic acids is 1. The summed E-state index contributed by atoms with van der Waals surface area (Å²) in [4.78, 5) is 14.4. The molecule has 0 saturated heterocycles. The number of methoxy groups -OCH3 is 1. The molecule has 2 aromatic rings. The van der Waals surface area contributed by atoms with Crippen molar-refractivity contribution in [2.75, 3.05) is 26.2 Å². The molecule has 0 aliphatic heterocycles. The van der Waals surface area contributed by atoms with Gasteiger partial charge in [0.25, 0.3) is 0 Å². The van der Waals surface area contributed by atoms with Gasteiger partial charge in [-0.05, 0) is 42.3 Å². The lowest BCUT2D eigenvalue weighted by Gasteiger charge is -2.27. The molecule has 1 amide bonds. The largest absolute Gasteiger partial charge is 0.497 e. The summed E-state index contributed by atoms with van der Waals surface area (Å²) in [6, 6.07) is 11.9. The van der Waals surface area contributed by atoms with Gasteiger partial charge in [0, 0.05) is 35.9 Å². The molecule has 0 aromatic heterocycles. The van der Waals surface area contributed by atoms with Gasteiger partial charge in [0.15, 0.2) is 0 Å². The van der Waals surface area contributed by atoms with Crippen LogP contribution in [0.3, 0.4) is 0 Å². The summed E-state index contributed by atoms with van der Waals surface area (Å²) in [7, 11) is 2.51. The average molecular weight is 347 g/mol. The zero-order valence-electron chi connectivity index (χ0n) is 14.9. The lowest BCUT2D eigenvalue weighted by Crippen LogP contribution is -2.40. The fourth-order valence-corrected chi connectivity index (χ4v) is 3.66. The molecule has 130 valence electrons. The fourth-order valence-electron chi connectivity index (χ4n) is 2.76. The van der Waals surface area contributed by atoms with E-state index in [9.17, 15) is 9.00 Å². The highest BCUT2D eigenvalue weighted by Gasteiger charge is 2.23. The molecule has 0 heterocycles. The van der Waals surface area contributed by atoms with Crippen LogP contribution in [0.15, 0.2) is 36.4 Å². The van der Waals surface area contributed by atoms with Crippen molar-refractivity contribution >= 4 is 27.5 Å². The minimum Gasteiger partial charge on any atom is -0.497 e. The Bertz CT molecular complexity index is 759. The molecular formula is C19H25NO3S. The number of nitrogens with zero attached hydrogens (tertiary/aromatic N) is 1. The van der Waals surface area contributed by atoms with E-state index in [2.05, 4.69) is 0 Å². The summed E-state index contributed by atoms with van der Waals surface area (Å²) in [5.74, 6) is 1.11. The maximum atomic E-state index is 12.7. The Balaban J connectivity index is 2.22. The van der Waals surface area contributed by atoms with E-state index >= 15 is 0 Å². The number of rotatable bonds is 6. The molecule has 0 fully saturated rings. The van der Waals surface area contributed by atoms with Crippen molar-refractivity contribution in [3.63, 3.8) is 0 Å². The van der Waals surface area contributed by atoms with Crippen LogP contribution in [0.2, 0.25) is 0 Å². The van der Waals surface area contributed by atoms with Gasteiger partial charge < -0.3 is 9.64 Å². The number of hydrogen-bond acceptors (Lipinski definition) is 3. The van der Waals surface area contributed by atoms with Crippen LogP contribution in [0.4, 0.5) is 0 Å². The first-order valence-electron chi connectivity index (χ1n) is 7.98. The Morgan fingerprint density at radius 2 is 1.79 bits per heavy atom. The van der Waals surface area contributed by atoms with Gasteiger partial charge in [-0.3, -0.25) is 9.00 Å². The third kappa shape index (κ3) is 4.15. The van der Waals surface area contributed by atoms with E-state index in [-0.39, 0.29) is 17.9 Å². The van der Waals surface area contributed by atoms with Crippen LogP contribution in [-0.4, -0.2) is 47.2 Å². The molecule has 0 spiro atoms. The third-order valence-corrected chi connectivity index (χ3v) is 5.38. The molecule has 0 N–H and O–H groups in total. The Hall–Kier alpha value is -1.88. The average Bonchev–Trinajstić information content (AvgIpc) is 2.58. The van der Waals surface area contributed by atoms with E-state index < -0.39 is 10.8 Å². The second-order valence-electron chi connectivity index (χ2n) is 6.23. The molecule has 0 bridgehead atoms. The highest BCUT2D eigenvalue weighted by atomic mass is 32.2. The van der Waals surface area contributed by atoms with Crippen molar-refractivity contribution in [3.05, 3.63) is 42.0 Å². The second-order valence-corrected chi connectivity index (χ2v) is 7.71. The summed E-state index contributed by atoms with van der Waals surface area (Å²) in [5, 5.41) is 2.17. The summed E-state index contributed by atoms with van der Waals surface area (Å²) in [6.45, 7) is 3.85. The Labute approximate surface area is 146 Å². The molecule has 0 aliphatic carbocycles. The predicted octanol–water partition coefficient (Wildman–Crippen LogP) is 3.18. The number of benzene rings is 2. The minimum absolute atomic E-state index is 0.0424. The molecule has 0 unspecified atom stereocenters. The lowest BCUT2D eigenvalue weighted by molar-refractivity contribution is -0.132. The number of carbonyl (C=O) groups is 1. The lowest BCUT2D eigenvalue weighted by atomic mass is 9.96. The number of hydrogen-bond donors (Lipinski definition) is 0. The van der Waals surface area contributed by atoms with Gasteiger partial charge in [-0.25, -0.2) is 0 Å². The quantitative estimate of drug-likeness (QED) is 0.806. The van der Waals surface area contributed by atoms with Crippen LogP contribution in [0, 0.1) is 0 Å². The summed E-state index contributed by atoms with van der Waals surface area (Å²) in [5.41, 5.74) is 0.981. The molecule has 4 nitrogen and oxygen atoms in total. The maximum absolute atomic E-state index is 12.7. The first-order chi connectivity index (χ1) is 11.3. The van der Waals surface area contributed by atoms with E-state index in [0.29, 0.717) is 5.75 Å². The normalized spacial score (nSPS) is 14.9. The van der Waals surface area contributed by atoms with Crippen LogP contribution in [-0.2, 0) is 15.6 Å². The van der Waals surface area contributed by atoms with Crippen LogP contribution < -0.4 is 4.74 Å². The second kappa shape index (κ2) is 7.79. The van der Waals surface area contributed by atoms with Crippen molar-refractivity contribution < 1.29 is 13.7 Å².